The van der Waals surface area contributed by atoms with Crippen molar-refractivity contribution < 1.29 is 31.1 Å². The van der Waals surface area contributed by atoms with E-state index >= 15 is 0 Å². The van der Waals surface area contributed by atoms with Crippen molar-refractivity contribution in [1.82, 2.24) is 0 Å². The molecule has 10 rings (SSSR count). The van der Waals surface area contributed by atoms with Crippen LogP contribution in [0.15, 0.2) is 189 Å². The van der Waals surface area contributed by atoms with Gasteiger partial charge < -0.3 is 0 Å². The van der Waals surface area contributed by atoms with Gasteiger partial charge in [0.25, 0.3) is 0 Å². The Morgan fingerprint density at radius 2 is 0.630 bits per heavy atom. The first kappa shape index (κ1) is 73.1. The number of rotatable bonds is 17. The highest BCUT2D eigenvalue weighted by Gasteiger charge is 2.22. The average Bonchev–Trinajstić information content (AvgIpc) is 0.792. The summed E-state index contributed by atoms with van der Waals surface area (Å²) in [5.74, 6) is 2.54. The van der Waals surface area contributed by atoms with Gasteiger partial charge in [0.05, 0.1) is 1.37 Å². The standard InChI is InChI=1S/C21H30N.3C18H24N.C17H22N.C3H8/c1-15(2)11-18-13-21(20-10-8-7-9-17(20)5)22(6)14-19(18)12-16(3)4;1-13(2)10-16-7-9-18(19(5)12-16)17-8-6-14(3)11-15(17)4;2*1-13(2)10-16-12-19(5)18(11-15(16)4)17-9-7-6-8-14(17)3;1-13(2)11-15-9-10-17(18(4)12-15)16-8-6-5-7-14(16)3;1-3-2/h7-10,13-16H,11-12H2,1-6H3;3*6-9,11-13H,10H2,1-5H3;5-10,12-13H,11H2,1-4H3;3H2,1-2H3/q5*+1;/i;;10D2;;9D,11D2;3D. The number of hydrogen-bond acceptors (Lipinski definition) is 0. The Morgan fingerprint density at radius 3 is 1.05 bits per heavy atom. The van der Waals surface area contributed by atoms with Crippen LogP contribution in [0, 0.1) is 90.9 Å². The Kier molecular flexibility index (Phi) is 29.5. The highest BCUT2D eigenvalue weighted by Crippen LogP contribution is 2.29. The molecule has 0 unspecified atom stereocenters. The average molecular weight is 1350 g/mol. The molecule has 0 saturated heterocycles. The van der Waals surface area contributed by atoms with E-state index in [0.29, 0.717) is 29.2 Å². The zero-order chi connectivity index (χ0) is 79.4. The summed E-state index contributed by atoms with van der Waals surface area (Å²) in [6.45, 7) is 46.5. The van der Waals surface area contributed by atoms with Gasteiger partial charge in [-0.2, -0.15) is 0 Å². The van der Waals surface area contributed by atoms with Gasteiger partial charge in [0, 0.05) is 92.8 Å². The topological polar surface area (TPSA) is 19.4 Å². The maximum Gasteiger partial charge on any atom is 0.212 e. The Labute approximate surface area is 618 Å². The molecule has 5 aromatic heterocycles. The minimum atomic E-state index is -1.50. The molecule has 5 nitrogen and oxygen atoms in total. The van der Waals surface area contributed by atoms with Crippen LogP contribution in [0.5, 0.6) is 0 Å². The fourth-order valence-corrected chi connectivity index (χ4v) is 12.8. The Hall–Kier alpha value is -8.15. The van der Waals surface area contributed by atoms with Crippen LogP contribution in [0.1, 0.15) is 189 Å². The van der Waals surface area contributed by atoms with E-state index in [9.17, 15) is 0 Å². The number of aromatic nitrogens is 5. The van der Waals surface area contributed by atoms with E-state index in [1.54, 1.807) is 12.3 Å². The first-order valence-electron chi connectivity index (χ1n) is 39.9. The Bertz CT molecular complexity index is 4380. The third kappa shape index (κ3) is 25.5. The van der Waals surface area contributed by atoms with Gasteiger partial charge in [-0.05, 0) is 216 Å². The molecule has 0 saturated carbocycles. The predicted octanol–water partition coefficient (Wildman–Crippen LogP) is 22.0. The molecule has 0 radical (unpaired) electrons. The summed E-state index contributed by atoms with van der Waals surface area (Å²) in [6.07, 6.45) is 12.5. The van der Waals surface area contributed by atoms with Gasteiger partial charge >= 0.3 is 0 Å². The van der Waals surface area contributed by atoms with Crippen molar-refractivity contribution in [3.63, 3.8) is 0 Å². The second-order valence-electron chi connectivity index (χ2n) is 30.2. The summed E-state index contributed by atoms with van der Waals surface area (Å²) in [7, 11) is 10.3. The Morgan fingerprint density at radius 1 is 0.290 bits per heavy atom. The molecule has 100 heavy (non-hydrogen) atoms. The molecule has 0 N–H and O–H groups in total. The quantitative estimate of drug-likeness (QED) is 0.0810. The van der Waals surface area contributed by atoms with Gasteiger partial charge in [-0.1, -0.05) is 194 Å². The lowest BCUT2D eigenvalue weighted by Gasteiger charge is -2.14. The molecule has 532 valence electrons. The van der Waals surface area contributed by atoms with Gasteiger partial charge in [0.2, 0.25) is 28.5 Å². The van der Waals surface area contributed by atoms with Gasteiger partial charge in [0.15, 0.2) is 31.0 Å². The lowest BCUT2D eigenvalue weighted by Crippen LogP contribution is -2.32. The third-order valence-electron chi connectivity index (χ3n) is 17.5. The maximum absolute atomic E-state index is 8.33. The molecule has 5 aromatic carbocycles. The minimum Gasteiger partial charge on any atom is -0.201 e. The molecule has 0 amide bonds. The lowest BCUT2D eigenvalue weighted by atomic mass is 9.92. The summed E-state index contributed by atoms with van der Waals surface area (Å²) in [5.41, 5.74) is 29.4. The summed E-state index contributed by atoms with van der Waals surface area (Å²) >= 11 is 0. The molecule has 5 heterocycles. The molecule has 0 aliphatic carbocycles. The van der Waals surface area contributed by atoms with E-state index in [4.69, 9.17) is 8.22 Å². The van der Waals surface area contributed by atoms with Crippen LogP contribution in [0.4, 0.5) is 0 Å². The van der Waals surface area contributed by atoms with E-state index in [1.807, 2.05) is 121 Å². The SMILES string of the molecule is Cc1cc(-c2ccccc2C)[n+](C)cc1CC(C)C.Cc1ccc(-c2ccc(CC(C)C)c[n+]2C)c(C)c1.Cc1ccccc1-c1cc(CC(C)C)c(CC(C)C)c[n+]1C.[2H]C(C)C.[2H]C([2H])(c1c[n+](C)c(-c2ccccc2C)cc1C)C(C)C.[2H]c1cc(-c2ccccc2C)[n+](C)cc1C([2H])([2H])C(C)C. The number of benzene rings is 5. The van der Waals surface area contributed by atoms with E-state index in [-0.39, 0.29) is 24.3 Å². The van der Waals surface area contributed by atoms with Crippen LogP contribution >= 0.6 is 0 Å². The second kappa shape index (κ2) is 40.3. The normalized spacial score (nSPS) is 12.2. The van der Waals surface area contributed by atoms with Crippen LogP contribution in [-0.2, 0) is 73.7 Å². The van der Waals surface area contributed by atoms with E-state index in [0.717, 1.165) is 59.3 Å². The first-order chi connectivity index (χ1) is 49.6. The number of nitrogens with zero attached hydrogens (tertiary/aromatic N) is 5. The van der Waals surface area contributed by atoms with E-state index < -0.39 is 12.7 Å². The summed E-state index contributed by atoms with van der Waals surface area (Å²) < 4.78 is 58.6. The number of aryl methyl sites for hydroxylation is 13. The highest BCUT2D eigenvalue weighted by atomic mass is 14.9. The molecule has 0 spiro atoms. The largest absolute Gasteiger partial charge is 0.212 e. The van der Waals surface area contributed by atoms with Crippen molar-refractivity contribution in [2.75, 3.05) is 0 Å². The van der Waals surface area contributed by atoms with Gasteiger partial charge in [0.1, 0.15) is 35.2 Å². The molecule has 0 fully saturated rings. The maximum atomic E-state index is 8.33. The number of pyridine rings is 5. The smallest absolute Gasteiger partial charge is 0.201 e. The molecule has 5 heteroatoms. The van der Waals surface area contributed by atoms with Crippen molar-refractivity contribution >= 4 is 0 Å². The van der Waals surface area contributed by atoms with Crippen LogP contribution in [0.3, 0.4) is 0 Å². The van der Waals surface area contributed by atoms with Crippen molar-refractivity contribution in [2.45, 2.75) is 197 Å². The van der Waals surface area contributed by atoms with Gasteiger partial charge in [-0.15, -0.1) is 0 Å². The molecule has 0 atom stereocenters. The van der Waals surface area contributed by atoms with Gasteiger partial charge in [-0.25, -0.2) is 22.8 Å². The van der Waals surface area contributed by atoms with Crippen molar-refractivity contribution in [2.24, 2.45) is 70.7 Å². The molecular weight excluding hydrogens is 1210 g/mol. The van der Waals surface area contributed by atoms with Gasteiger partial charge in [-0.3, -0.25) is 0 Å². The molecule has 10 aromatic rings. The van der Waals surface area contributed by atoms with Crippen LogP contribution in [0.25, 0.3) is 56.3 Å². The Balaban J connectivity index is 0.000000235. The first-order valence-corrected chi connectivity index (χ1v) is 36.8. The lowest BCUT2D eigenvalue weighted by molar-refractivity contribution is -0.661. The van der Waals surface area contributed by atoms with Crippen LogP contribution < -0.4 is 22.8 Å². The molecular formula is C95H132N5+5. The van der Waals surface area contributed by atoms with E-state index in [2.05, 4.69) is 260 Å². The third-order valence-corrected chi connectivity index (χ3v) is 17.5. The summed E-state index contributed by atoms with van der Waals surface area (Å²) in [5, 5.41) is 0. The molecule has 0 bridgehead atoms. The molecule has 0 aliphatic heterocycles. The highest BCUT2D eigenvalue weighted by molar-refractivity contribution is 5.65. The summed E-state index contributed by atoms with van der Waals surface area (Å²) in [4.78, 5) is 0. The zero-order valence-corrected chi connectivity index (χ0v) is 66.9. The predicted molar refractivity (Wildman–Crippen MR) is 430 cm³/mol. The monoisotopic (exact) mass is 1350 g/mol. The van der Waals surface area contributed by atoms with E-state index in [1.165, 1.54) is 95.0 Å². The van der Waals surface area contributed by atoms with Crippen molar-refractivity contribution in [3.05, 3.63) is 267 Å². The fraction of sp³-hybridized carbons (Fsp3) is 0.421. The van der Waals surface area contributed by atoms with Crippen molar-refractivity contribution in [3.8, 4) is 56.3 Å². The zero-order valence-electron chi connectivity index (χ0n) is 72.9. The van der Waals surface area contributed by atoms with Crippen LogP contribution in [-0.4, -0.2) is 0 Å². The molecule has 0 aliphatic rings. The fourth-order valence-electron chi connectivity index (χ4n) is 12.8. The summed E-state index contributed by atoms with van der Waals surface area (Å²) in [6, 6.07) is 53.6. The number of hydrogen-bond donors (Lipinski definition) is 0. The van der Waals surface area contributed by atoms with Crippen molar-refractivity contribution in [1.29, 1.82) is 0 Å². The van der Waals surface area contributed by atoms with Crippen LogP contribution in [0.2, 0.25) is 0 Å². The minimum absolute atomic E-state index is 0.0551. The second-order valence-corrected chi connectivity index (χ2v) is 30.2.